The first kappa shape index (κ1) is 20.1. The van der Waals surface area contributed by atoms with Crippen LogP contribution in [0, 0.1) is 6.92 Å². The molecule has 0 bridgehead atoms. The van der Waals surface area contributed by atoms with Gasteiger partial charge in [0.1, 0.15) is 5.58 Å². The highest BCUT2D eigenvalue weighted by Crippen LogP contribution is 2.23. The minimum atomic E-state index is -0.348. The second kappa shape index (κ2) is 8.57. The van der Waals surface area contributed by atoms with Crippen molar-refractivity contribution in [1.82, 2.24) is 5.32 Å². The van der Waals surface area contributed by atoms with Gasteiger partial charge in [0.05, 0.1) is 6.04 Å². The lowest BCUT2D eigenvalue weighted by Crippen LogP contribution is -2.32. The molecule has 0 aliphatic rings. The highest BCUT2D eigenvalue weighted by Gasteiger charge is 2.12. The summed E-state index contributed by atoms with van der Waals surface area (Å²) in [7, 11) is 0. The molecular weight excluding hydrogens is 368 g/mol. The second-order valence-electron chi connectivity index (χ2n) is 7.34. The molecule has 4 nitrogen and oxygen atoms in total. The Bertz CT molecular complexity index is 1040. The number of rotatable bonds is 5. The van der Waals surface area contributed by atoms with E-state index in [2.05, 4.69) is 55.7 Å². The molecular formula is C23H26N2O2S. The van der Waals surface area contributed by atoms with Crippen LogP contribution in [0.4, 0.5) is 5.69 Å². The summed E-state index contributed by atoms with van der Waals surface area (Å²) in [5, 5.41) is 8.03. The van der Waals surface area contributed by atoms with Gasteiger partial charge < -0.3 is 15.1 Å². The smallest absolute Gasteiger partial charge is 0.336 e. The van der Waals surface area contributed by atoms with Gasteiger partial charge in [0, 0.05) is 23.2 Å². The predicted molar refractivity (Wildman–Crippen MR) is 120 cm³/mol. The number of fused-ring (bicyclic) bond motifs is 1. The number of anilines is 1. The van der Waals surface area contributed by atoms with Gasteiger partial charge in [-0.05, 0) is 60.3 Å². The molecule has 0 spiro atoms. The molecule has 0 aliphatic heterocycles. The first-order chi connectivity index (χ1) is 13.4. The Morgan fingerprint density at radius 2 is 1.75 bits per heavy atom. The van der Waals surface area contributed by atoms with Gasteiger partial charge in [-0.3, -0.25) is 0 Å². The normalized spacial score (nSPS) is 12.2. The van der Waals surface area contributed by atoms with E-state index in [1.165, 1.54) is 17.2 Å². The molecule has 1 atom stereocenters. The lowest BCUT2D eigenvalue weighted by atomic mass is 9.98. The molecule has 0 aliphatic carbocycles. The molecule has 2 aromatic carbocycles. The van der Waals surface area contributed by atoms with Gasteiger partial charge in [-0.1, -0.05) is 45.0 Å². The molecule has 0 saturated carbocycles. The van der Waals surface area contributed by atoms with Gasteiger partial charge in [-0.25, -0.2) is 4.79 Å². The van der Waals surface area contributed by atoms with E-state index < -0.39 is 0 Å². The maximum absolute atomic E-state index is 11.6. The van der Waals surface area contributed by atoms with Gasteiger partial charge >= 0.3 is 5.63 Å². The molecule has 28 heavy (non-hydrogen) atoms. The van der Waals surface area contributed by atoms with Crippen molar-refractivity contribution in [2.75, 3.05) is 5.32 Å². The summed E-state index contributed by atoms with van der Waals surface area (Å²) in [4.78, 5) is 11.6. The van der Waals surface area contributed by atoms with Crippen LogP contribution in [-0.2, 0) is 0 Å². The SMILES string of the molecule is CCC(NC(=S)Nc1ccc2c(C)cc(=O)oc2c1)c1ccc(C(C)C)cc1. The monoisotopic (exact) mass is 394 g/mol. The van der Waals surface area contributed by atoms with E-state index >= 15 is 0 Å². The molecule has 2 N–H and O–H groups in total. The molecule has 146 valence electrons. The third kappa shape index (κ3) is 4.60. The Balaban J connectivity index is 1.73. The largest absolute Gasteiger partial charge is 0.423 e. The van der Waals surface area contributed by atoms with Crippen LogP contribution in [-0.4, -0.2) is 5.11 Å². The first-order valence-corrected chi connectivity index (χ1v) is 10.00. The van der Waals surface area contributed by atoms with E-state index in [4.69, 9.17) is 16.6 Å². The maximum atomic E-state index is 11.6. The molecule has 0 saturated heterocycles. The van der Waals surface area contributed by atoms with Crippen molar-refractivity contribution in [3.8, 4) is 0 Å². The summed E-state index contributed by atoms with van der Waals surface area (Å²) < 4.78 is 5.31. The van der Waals surface area contributed by atoms with Crippen molar-refractivity contribution in [1.29, 1.82) is 0 Å². The molecule has 3 rings (SSSR count). The standard InChI is InChI=1S/C23H26N2O2S/c1-5-20(17-8-6-16(7-9-17)14(2)3)25-23(28)24-18-10-11-19-15(4)12-22(26)27-21(19)13-18/h6-14,20H,5H2,1-4H3,(H2,24,25,28). The van der Waals surface area contributed by atoms with Gasteiger partial charge in [-0.15, -0.1) is 0 Å². The van der Waals surface area contributed by atoms with Crippen LogP contribution < -0.4 is 16.3 Å². The van der Waals surface area contributed by atoms with Gasteiger partial charge in [0.15, 0.2) is 5.11 Å². The van der Waals surface area contributed by atoms with Crippen LogP contribution in [0.2, 0.25) is 0 Å². The van der Waals surface area contributed by atoms with Crippen LogP contribution in [0.25, 0.3) is 11.0 Å². The van der Waals surface area contributed by atoms with Crippen LogP contribution >= 0.6 is 12.2 Å². The lowest BCUT2D eigenvalue weighted by Gasteiger charge is -2.21. The summed E-state index contributed by atoms with van der Waals surface area (Å²) in [5.41, 5.74) is 4.41. The summed E-state index contributed by atoms with van der Waals surface area (Å²) in [6.07, 6.45) is 0.911. The zero-order valence-electron chi connectivity index (χ0n) is 16.7. The van der Waals surface area contributed by atoms with E-state index in [0.29, 0.717) is 16.6 Å². The summed E-state index contributed by atoms with van der Waals surface area (Å²) in [5.74, 6) is 0.515. The average Bonchev–Trinajstić information content (AvgIpc) is 2.65. The Labute approximate surface area is 171 Å². The fourth-order valence-electron chi connectivity index (χ4n) is 3.26. The van der Waals surface area contributed by atoms with E-state index in [-0.39, 0.29) is 11.7 Å². The minimum absolute atomic E-state index is 0.127. The lowest BCUT2D eigenvalue weighted by molar-refractivity contribution is 0.560. The predicted octanol–water partition coefficient (Wildman–Crippen LogP) is 5.66. The van der Waals surface area contributed by atoms with Gasteiger partial charge in [0.2, 0.25) is 0 Å². The van der Waals surface area contributed by atoms with Crippen LogP contribution in [0.15, 0.2) is 57.7 Å². The van der Waals surface area contributed by atoms with Gasteiger partial charge in [-0.2, -0.15) is 0 Å². The van der Waals surface area contributed by atoms with Gasteiger partial charge in [0.25, 0.3) is 0 Å². The fraction of sp³-hybridized carbons (Fsp3) is 0.304. The Morgan fingerprint density at radius 3 is 2.39 bits per heavy atom. The van der Waals surface area contributed by atoms with Crippen molar-refractivity contribution >= 4 is 34.0 Å². The Morgan fingerprint density at radius 1 is 1.07 bits per heavy atom. The van der Waals surface area contributed by atoms with E-state index in [1.54, 1.807) is 6.07 Å². The quantitative estimate of drug-likeness (QED) is 0.432. The third-order valence-corrected chi connectivity index (χ3v) is 5.15. The number of hydrogen-bond acceptors (Lipinski definition) is 3. The molecule has 0 radical (unpaired) electrons. The Hall–Kier alpha value is -2.66. The van der Waals surface area contributed by atoms with E-state index in [9.17, 15) is 4.79 Å². The number of nitrogens with one attached hydrogen (secondary N) is 2. The Kier molecular flexibility index (Phi) is 6.15. The maximum Gasteiger partial charge on any atom is 0.336 e. The van der Waals surface area contributed by atoms with Crippen LogP contribution in [0.5, 0.6) is 0 Å². The molecule has 1 aromatic heterocycles. The number of hydrogen-bond donors (Lipinski definition) is 2. The molecule has 5 heteroatoms. The van der Waals surface area contributed by atoms with Crippen LogP contribution in [0.3, 0.4) is 0 Å². The van der Waals surface area contributed by atoms with Crippen LogP contribution in [0.1, 0.15) is 55.8 Å². The summed E-state index contributed by atoms with van der Waals surface area (Å²) in [6, 6.07) is 16.0. The van der Waals surface area contributed by atoms with Crippen molar-refractivity contribution in [3.05, 3.63) is 75.6 Å². The topological polar surface area (TPSA) is 54.3 Å². The first-order valence-electron chi connectivity index (χ1n) is 9.59. The van der Waals surface area contributed by atoms with Crippen molar-refractivity contribution in [3.63, 3.8) is 0 Å². The zero-order chi connectivity index (χ0) is 20.3. The fourth-order valence-corrected chi connectivity index (χ4v) is 3.52. The van der Waals surface area contributed by atoms with Crippen molar-refractivity contribution in [2.45, 2.75) is 46.1 Å². The number of aryl methyl sites for hydroxylation is 1. The molecule has 1 unspecified atom stereocenters. The number of benzene rings is 2. The van der Waals surface area contributed by atoms with E-state index in [1.807, 2.05) is 19.1 Å². The molecule has 0 fully saturated rings. The summed E-state index contributed by atoms with van der Waals surface area (Å²) >= 11 is 5.51. The van der Waals surface area contributed by atoms with Crippen molar-refractivity contribution in [2.24, 2.45) is 0 Å². The molecule has 1 heterocycles. The minimum Gasteiger partial charge on any atom is -0.423 e. The zero-order valence-corrected chi connectivity index (χ0v) is 17.5. The molecule has 0 amide bonds. The highest BCUT2D eigenvalue weighted by molar-refractivity contribution is 7.80. The van der Waals surface area contributed by atoms with E-state index in [0.717, 1.165) is 23.1 Å². The number of thiocarbonyl (C=S) groups is 1. The third-order valence-electron chi connectivity index (χ3n) is 4.93. The van der Waals surface area contributed by atoms with Crippen molar-refractivity contribution < 1.29 is 4.42 Å². The second-order valence-corrected chi connectivity index (χ2v) is 7.75. The average molecular weight is 395 g/mol. The highest BCUT2D eigenvalue weighted by atomic mass is 32.1. The summed E-state index contributed by atoms with van der Waals surface area (Å²) in [6.45, 7) is 8.41. The molecule has 3 aromatic rings.